The molecule has 1 N–H and O–H groups in total. The van der Waals surface area contributed by atoms with E-state index in [1.165, 1.54) is 12.8 Å². The highest BCUT2D eigenvalue weighted by Crippen LogP contribution is 2.33. The lowest BCUT2D eigenvalue weighted by Crippen LogP contribution is -2.42. The molecule has 1 saturated heterocycles. The lowest BCUT2D eigenvalue weighted by atomic mass is 9.93. The van der Waals surface area contributed by atoms with Gasteiger partial charge in [-0.3, -0.25) is 4.79 Å². The van der Waals surface area contributed by atoms with Crippen LogP contribution in [0.15, 0.2) is 0 Å². The van der Waals surface area contributed by atoms with E-state index in [9.17, 15) is 4.79 Å². The van der Waals surface area contributed by atoms with Crippen LogP contribution in [0.1, 0.15) is 39.0 Å². The summed E-state index contributed by atoms with van der Waals surface area (Å²) in [6.45, 7) is 4.19. The van der Waals surface area contributed by atoms with Gasteiger partial charge in [-0.25, -0.2) is 0 Å². The highest BCUT2D eigenvalue weighted by Gasteiger charge is 2.34. The predicted molar refractivity (Wildman–Crippen MR) is 62.9 cm³/mol. The number of hydrogen-bond donors (Lipinski definition) is 1. The number of aliphatic hydroxyl groups is 1. The van der Waals surface area contributed by atoms with Crippen molar-refractivity contribution in [2.75, 3.05) is 19.7 Å². The van der Waals surface area contributed by atoms with Crippen molar-refractivity contribution in [3.63, 3.8) is 0 Å². The van der Waals surface area contributed by atoms with Crippen LogP contribution >= 0.6 is 0 Å². The van der Waals surface area contributed by atoms with E-state index in [0.29, 0.717) is 17.7 Å². The van der Waals surface area contributed by atoms with Gasteiger partial charge in [0.05, 0.1) is 0 Å². The summed E-state index contributed by atoms with van der Waals surface area (Å²) in [5, 5.41) is 9.07. The lowest BCUT2D eigenvalue weighted by Gasteiger charge is -2.33. The second kappa shape index (κ2) is 5.17. The zero-order chi connectivity index (χ0) is 11.5. The second-order valence-corrected chi connectivity index (χ2v) is 5.47. The van der Waals surface area contributed by atoms with E-state index in [-0.39, 0.29) is 12.5 Å². The Morgan fingerprint density at radius 1 is 1.25 bits per heavy atom. The molecule has 1 heterocycles. The van der Waals surface area contributed by atoms with Crippen LogP contribution in [0.3, 0.4) is 0 Å². The van der Waals surface area contributed by atoms with E-state index in [1.807, 2.05) is 4.90 Å². The average molecular weight is 225 g/mol. The van der Waals surface area contributed by atoms with Gasteiger partial charge >= 0.3 is 0 Å². The van der Waals surface area contributed by atoms with Crippen LogP contribution in [0, 0.1) is 17.8 Å². The molecule has 0 aromatic heterocycles. The molecule has 2 unspecified atom stereocenters. The Balaban J connectivity index is 1.86. The molecule has 1 aliphatic heterocycles. The number of aliphatic hydroxyl groups excluding tert-OH is 1. The Bertz CT molecular complexity index is 246. The Kier molecular flexibility index (Phi) is 3.85. The molecular formula is C13H23NO2. The molecule has 2 rings (SSSR count). The third-order valence-electron chi connectivity index (χ3n) is 4.36. The Morgan fingerprint density at radius 3 is 2.44 bits per heavy atom. The van der Waals surface area contributed by atoms with Crippen LogP contribution in [0.5, 0.6) is 0 Å². The third-order valence-corrected chi connectivity index (χ3v) is 4.36. The number of nitrogens with zero attached hydrogens (tertiary/aromatic N) is 1. The molecular weight excluding hydrogens is 202 g/mol. The van der Waals surface area contributed by atoms with Gasteiger partial charge in [0, 0.05) is 25.6 Å². The first-order valence-corrected chi connectivity index (χ1v) is 6.62. The van der Waals surface area contributed by atoms with Crippen molar-refractivity contribution in [3.8, 4) is 0 Å². The molecule has 3 heteroatoms. The zero-order valence-electron chi connectivity index (χ0n) is 10.2. The van der Waals surface area contributed by atoms with Crippen molar-refractivity contribution >= 4 is 5.91 Å². The smallest absolute Gasteiger partial charge is 0.225 e. The fraction of sp³-hybridized carbons (Fsp3) is 0.923. The quantitative estimate of drug-likeness (QED) is 0.776. The fourth-order valence-electron chi connectivity index (χ4n) is 3.08. The van der Waals surface area contributed by atoms with Crippen LogP contribution in [0.4, 0.5) is 0 Å². The SMILES string of the molecule is CC1CCCC1C(=O)N1CCC(CO)CC1. The van der Waals surface area contributed by atoms with Gasteiger partial charge < -0.3 is 10.0 Å². The molecule has 0 spiro atoms. The average Bonchev–Trinajstić information content (AvgIpc) is 2.75. The summed E-state index contributed by atoms with van der Waals surface area (Å²) in [5.41, 5.74) is 0. The Morgan fingerprint density at radius 2 is 1.94 bits per heavy atom. The van der Waals surface area contributed by atoms with E-state index in [4.69, 9.17) is 5.11 Å². The monoisotopic (exact) mass is 225 g/mol. The number of carbonyl (C=O) groups excluding carboxylic acids is 1. The van der Waals surface area contributed by atoms with Gasteiger partial charge in [-0.05, 0) is 37.5 Å². The summed E-state index contributed by atoms with van der Waals surface area (Å²) in [7, 11) is 0. The van der Waals surface area contributed by atoms with E-state index >= 15 is 0 Å². The molecule has 0 aromatic rings. The van der Waals surface area contributed by atoms with Crippen molar-refractivity contribution in [1.29, 1.82) is 0 Å². The fourth-order valence-corrected chi connectivity index (χ4v) is 3.08. The van der Waals surface area contributed by atoms with Crippen LogP contribution in [0.2, 0.25) is 0 Å². The molecule has 0 bridgehead atoms. The van der Waals surface area contributed by atoms with Crippen LogP contribution in [-0.2, 0) is 4.79 Å². The van der Waals surface area contributed by atoms with E-state index in [2.05, 4.69) is 6.92 Å². The number of piperidine rings is 1. The first-order chi connectivity index (χ1) is 7.72. The predicted octanol–water partition coefficient (Wildman–Crippen LogP) is 1.65. The van der Waals surface area contributed by atoms with Crippen LogP contribution < -0.4 is 0 Å². The van der Waals surface area contributed by atoms with E-state index < -0.39 is 0 Å². The van der Waals surface area contributed by atoms with Crippen molar-refractivity contribution in [2.45, 2.75) is 39.0 Å². The topological polar surface area (TPSA) is 40.5 Å². The maximum absolute atomic E-state index is 12.3. The molecule has 2 fully saturated rings. The molecule has 1 amide bonds. The number of rotatable bonds is 2. The summed E-state index contributed by atoms with van der Waals surface area (Å²) in [5.74, 6) is 1.65. The minimum Gasteiger partial charge on any atom is -0.396 e. The highest BCUT2D eigenvalue weighted by atomic mass is 16.3. The van der Waals surface area contributed by atoms with Crippen LogP contribution in [-0.4, -0.2) is 35.6 Å². The molecule has 3 nitrogen and oxygen atoms in total. The second-order valence-electron chi connectivity index (χ2n) is 5.47. The van der Waals surface area contributed by atoms with E-state index in [1.54, 1.807) is 0 Å². The van der Waals surface area contributed by atoms with Crippen molar-refractivity contribution in [2.24, 2.45) is 17.8 Å². The molecule has 0 radical (unpaired) electrons. The summed E-state index contributed by atoms with van der Waals surface area (Å²) in [6.07, 6.45) is 5.46. The maximum atomic E-state index is 12.3. The first kappa shape index (κ1) is 11.9. The number of hydrogen-bond acceptors (Lipinski definition) is 2. The molecule has 1 saturated carbocycles. The van der Waals surface area contributed by atoms with Gasteiger partial charge in [-0.15, -0.1) is 0 Å². The van der Waals surface area contributed by atoms with E-state index in [0.717, 1.165) is 32.4 Å². The Labute approximate surface area is 97.8 Å². The molecule has 1 aliphatic carbocycles. The summed E-state index contributed by atoms with van der Waals surface area (Å²) < 4.78 is 0. The van der Waals surface area contributed by atoms with Crippen molar-refractivity contribution < 1.29 is 9.90 Å². The number of carbonyl (C=O) groups is 1. The lowest BCUT2D eigenvalue weighted by molar-refractivity contribution is -0.138. The van der Waals surface area contributed by atoms with Crippen molar-refractivity contribution in [1.82, 2.24) is 4.90 Å². The van der Waals surface area contributed by atoms with Gasteiger partial charge in [0.25, 0.3) is 0 Å². The number of amides is 1. The van der Waals surface area contributed by atoms with Gasteiger partial charge in [-0.2, -0.15) is 0 Å². The van der Waals surface area contributed by atoms with Gasteiger partial charge in [0.2, 0.25) is 5.91 Å². The number of likely N-dealkylation sites (tertiary alicyclic amines) is 1. The normalized spacial score (nSPS) is 32.0. The minimum atomic E-state index is 0.280. The standard InChI is InChI=1S/C13H23NO2/c1-10-3-2-4-12(10)13(16)14-7-5-11(9-15)6-8-14/h10-12,15H,2-9H2,1H3. The highest BCUT2D eigenvalue weighted by molar-refractivity contribution is 5.79. The molecule has 92 valence electrons. The molecule has 16 heavy (non-hydrogen) atoms. The van der Waals surface area contributed by atoms with Gasteiger partial charge in [0.1, 0.15) is 0 Å². The third kappa shape index (κ3) is 2.40. The summed E-state index contributed by atoms with van der Waals surface area (Å²) in [4.78, 5) is 14.3. The van der Waals surface area contributed by atoms with Gasteiger partial charge in [-0.1, -0.05) is 13.3 Å². The zero-order valence-corrected chi connectivity index (χ0v) is 10.2. The Hall–Kier alpha value is -0.570. The first-order valence-electron chi connectivity index (χ1n) is 6.62. The molecule has 0 aromatic carbocycles. The molecule has 2 atom stereocenters. The van der Waals surface area contributed by atoms with Gasteiger partial charge in [0.15, 0.2) is 0 Å². The molecule has 2 aliphatic rings. The maximum Gasteiger partial charge on any atom is 0.225 e. The minimum absolute atomic E-state index is 0.280. The largest absolute Gasteiger partial charge is 0.396 e. The summed E-state index contributed by atoms with van der Waals surface area (Å²) in [6, 6.07) is 0. The summed E-state index contributed by atoms with van der Waals surface area (Å²) >= 11 is 0. The van der Waals surface area contributed by atoms with Crippen molar-refractivity contribution in [3.05, 3.63) is 0 Å². The van der Waals surface area contributed by atoms with Crippen LogP contribution in [0.25, 0.3) is 0 Å².